The van der Waals surface area contributed by atoms with E-state index in [1.807, 2.05) is 0 Å². The molecule has 2 unspecified atom stereocenters. The van der Waals surface area contributed by atoms with Crippen LogP contribution in [0.15, 0.2) is 42.5 Å². The Morgan fingerprint density at radius 2 is 2.00 bits per heavy atom. The van der Waals surface area contributed by atoms with E-state index in [-0.39, 0.29) is 6.10 Å². The molecule has 1 N–H and O–H groups in total. The third-order valence-electron chi connectivity index (χ3n) is 4.77. The molecule has 0 saturated carbocycles. The van der Waals surface area contributed by atoms with Crippen molar-refractivity contribution in [3.8, 4) is 0 Å². The van der Waals surface area contributed by atoms with Gasteiger partial charge in [0.1, 0.15) is 0 Å². The Balaban J connectivity index is 1.70. The van der Waals surface area contributed by atoms with Crippen LogP contribution in [0, 0.1) is 5.92 Å². The highest BCUT2D eigenvalue weighted by Gasteiger charge is 2.21. The average Bonchev–Trinajstić information content (AvgIpc) is 2.54. The number of likely N-dealkylation sites (tertiary alicyclic amines) is 1. The molecule has 112 valence electrons. The Morgan fingerprint density at radius 1 is 1.19 bits per heavy atom. The fourth-order valence-electron chi connectivity index (χ4n) is 3.42. The summed E-state index contributed by atoms with van der Waals surface area (Å²) in [6.07, 6.45) is 3.48. The minimum absolute atomic E-state index is 0.384. The van der Waals surface area contributed by atoms with Crippen molar-refractivity contribution in [3.05, 3.63) is 48.0 Å². The van der Waals surface area contributed by atoms with Crippen LogP contribution < -0.4 is 0 Å². The molecule has 0 aliphatic carbocycles. The summed E-state index contributed by atoms with van der Waals surface area (Å²) in [5.74, 6) is 0.808. The van der Waals surface area contributed by atoms with Crippen molar-refractivity contribution in [3.63, 3.8) is 0 Å². The molecule has 0 amide bonds. The van der Waals surface area contributed by atoms with E-state index in [4.69, 9.17) is 0 Å². The van der Waals surface area contributed by atoms with Gasteiger partial charge in [-0.1, -0.05) is 49.7 Å². The molecule has 2 heteroatoms. The predicted octanol–water partition coefficient (Wildman–Crippen LogP) is 4.00. The van der Waals surface area contributed by atoms with Crippen molar-refractivity contribution in [2.24, 2.45) is 5.92 Å². The number of hydrogen-bond donors (Lipinski definition) is 1. The van der Waals surface area contributed by atoms with Crippen molar-refractivity contribution in [2.45, 2.75) is 32.3 Å². The van der Waals surface area contributed by atoms with Gasteiger partial charge in [0.15, 0.2) is 0 Å². The van der Waals surface area contributed by atoms with Gasteiger partial charge in [0.25, 0.3) is 0 Å². The molecule has 0 bridgehead atoms. The molecule has 1 fully saturated rings. The van der Waals surface area contributed by atoms with Crippen molar-refractivity contribution >= 4 is 10.8 Å². The van der Waals surface area contributed by atoms with Gasteiger partial charge in [0.05, 0.1) is 6.10 Å². The lowest BCUT2D eigenvalue weighted by atomic mass is 9.95. The van der Waals surface area contributed by atoms with Crippen LogP contribution in [0.1, 0.15) is 37.9 Å². The average molecular weight is 283 g/mol. The summed E-state index contributed by atoms with van der Waals surface area (Å²) in [5.41, 5.74) is 1.03. The zero-order valence-electron chi connectivity index (χ0n) is 12.8. The smallest absolute Gasteiger partial charge is 0.0917 e. The zero-order chi connectivity index (χ0) is 14.7. The first-order valence-electron chi connectivity index (χ1n) is 8.15. The van der Waals surface area contributed by atoms with E-state index in [0.717, 1.165) is 31.1 Å². The van der Waals surface area contributed by atoms with Crippen molar-refractivity contribution in [1.29, 1.82) is 0 Å². The Labute approximate surface area is 127 Å². The van der Waals surface area contributed by atoms with Gasteiger partial charge in [-0.05, 0) is 47.7 Å². The molecule has 2 aromatic rings. The van der Waals surface area contributed by atoms with Crippen LogP contribution in [-0.4, -0.2) is 29.6 Å². The first kappa shape index (κ1) is 14.6. The minimum Gasteiger partial charge on any atom is -0.387 e. The quantitative estimate of drug-likeness (QED) is 0.917. The molecule has 2 nitrogen and oxygen atoms in total. The third-order valence-corrected chi connectivity index (χ3v) is 4.77. The molecular weight excluding hydrogens is 258 g/mol. The van der Waals surface area contributed by atoms with E-state index in [1.165, 1.54) is 30.0 Å². The fraction of sp³-hybridized carbons (Fsp3) is 0.474. The maximum Gasteiger partial charge on any atom is 0.0917 e. The molecule has 2 aromatic carbocycles. The zero-order valence-corrected chi connectivity index (χ0v) is 12.8. The highest BCUT2D eigenvalue weighted by Crippen LogP contribution is 2.24. The number of aliphatic hydroxyl groups excluding tert-OH is 1. The second kappa shape index (κ2) is 6.59. The topological polar surface area (TPSA) is 23.5 Å². The van der Waals surface area contributed by atoms with Crippen LogP contribution in [-0.2, 0) is 0 Å². The molecule has 1 saturated heterocycles. The Hall–Kier alpha value is -1.38. The van der Waals surface area contributed by atoms with Crippen LogP contribution in [0.5, 0.6) is 0 Å². The second-order valence-electron chi connectivity index (χ2n) is 6.30. The van der Waals surface area contributed by atoms with Gasteiger partial charge in [0.2, 0.25) is 0 Å². The maximum atomic E-state index is 10.5. The normalized spacial score (nSPS) is 21.5. The maximum absolute atomic E-state index is 10.5. The molecule has 0 aromatic heterocycles. The van der Waals surface area contributed by atoms with Crippen LogP contribution in [0.3, 0.4) is 0 Å². The number of piperidine rings is 1. The van der Waals surface area contributed by atoms with Crippen molar-refractivity contribution < 1.29 is 5.11 Å². The summed E-state index contributed by atoms with van der Waals surface area (Å²) in [6.45, 7) is 5.30. The summed E-state index contributed by atoms with van der Waals surface area (Å²) in [6, 6.07) is 14.6. The van der Waals surface area contributed by atoms with Crippen molar-refractivity contribution in [2.75, 3.05) is 19.6 Å². The number of fused-ring (bicyclic) bond motifs is 1. The largest absolute Gasteiger partial charge is 0.387 e. The van der Waals surface area contributed by atoms with Crippen LogP contribution in [0.4, 0.5) is 0 Å². The number of benzene rings is 2. The lowest BCUT2D eigenvalue weighted by Gasteiger charge is -2.33. The van der Waals surface area contributed by atoms with E-state index >= 15 is 0 Å². The standard InChI is InChI=1S/C19H25NO/c1-2-15-6-5-11-20(13-15)14-19(21)18-10-9-16-7-3-4-8-17(16)12-18/h3-4,7-10,12,15,19,21H,2,5-6,11,13-14H2,1H3. The highest BCUT2D eigenvalue weighted by atomic mass is 16.3. The summed E-state index contributed by atoms with van der Waals surface area (Å²) < 4.78 is 0. The van der Waals surface area contributed by atoms with E-state index in [0.29, 0.717) is 0 Å². The van der Waals surface area contributed by atoms with E-state index in [1.54, 1.807) is 0 Å². The van der Waals surface area contributed by atoms with E-state index < -0.39 is 0 Å². The van der Waals surface area contributed by atoms with Crippen LogP contribution >= 0.6 is 0 Å². The number of rotatable bonds is 4. The summed E-state index contributed by atoms with van der Waals surface area (Å²) in [7, 11) is 0. The van der Waals surface area contributed by atoms with Gasteiger partial charge in [-0.15, -0.1) is 0 Å². The SMILES string of the molecule is CCC1CCCN(CC(O)c2ccc3ccccc3c2)C1. The minimum atomic E-state index is -0.384. The first-order valence-corrected chi connectivity index (χ1v) is 8.15. The molecule has 0 spiro atoms. The Bertz CT molecular complexity index is 595. The molecular formula is C19H25NO. The summed E-state index contributed by atoms with van der Waals surface area (Å²) in [5, 5.41) is 13.0. The molecule has 1 aliphatic heterocycles. The Kier molecular flexibility index (Phi) is 4.57. The van der Waals surface area contributed by atoms with Gasteiger partial charge < -0.3 is 10.0 Å². The molecule has 1 heterocycles. The first-order chi connectivity index (χ1) is 10.3. The van der Waals surface area contributed by atoms with Crippen LogP contribution in [0.25, 0.3) is 10.8 Å². The van der Waals surface area contributed by atoms with E-state index in [2.05, 4.69) is 54.3 Å². The van der Waals surface area contributed by atoms with Gasteiger partial charge in [-0.25, -0.2) is 0 Å². The molecule has 21 heavy (non-hydrogen) atoms. The number of hydrogen-bond acceptors (Lipinski definition) is 2. The molecule has 1 aliphatic rings. The van der Waals surface area contributed by atoms with Crippen molar-refractivity contribution in [1.82, 2.24) is 4.90 Å². The molecule has 2 atom stereocenters. The number of β-amino-alcohol motifs (C(OH)–C–C–N with tert-alkyl or cyclic N) is 1. The number of nitrogens with zero attached hydrogens (tertiary/aromatic N) is 1. The second-order valence-corrected chi connectivity index (χ2v) is 6.30. The lowest BCUT2D eigenvalue weighted by Crippen LogP contribution is -2.37. The van der Waals surface area contributed by atoms with E-state index in [9.17, 15) is 5.11 Å². The fourth-order valence-corrected chi connectivity index (χ4v) is 3.42. The molecule has 0 radical (unpaired) electrons. The monoisotopic (exact) mass is 283 g/mol. The van der Waals surface area contributed by atoms with Gasteiger partial charge in [0, 0.05) is 13.1 Å². The third kappa shape index (κ3) is 3.45. The Morgan fingerprint density at radius 3 is 2.81 bits per heavy atom. The van der Waals surface area contributed by atoms with Crippen LogP contribution in [0.2, 0.25) is 0 Å². The van der Waals surface area contributed by atoms with Gasteiger partial charge in [-0.3, -0.25) is 0 Å². The summed E-state index contributed by atoms with van der Waals surface area (Å²) in [4.78, 5) is 2.43. The predicted molar refractivity (Wildman–Crippen MR) is 88.4 cm³/mol. The lowest BCUT2D eigenvalue weighted by molar-refractivity contribution is 0.0837. The molecule has 3 rings (SSSR count). The number of aliphatic hydroxyl groups is 1. The van der Waals surface area contributed by atoms with Gasteiger partial charge in [-0.2, -0.15) is 0 Å². The highest BCUT2D eigenvalue weighted by molar-refractivity contribution is 5.83. The summed E-state index contributed by atoms with van der Waals surface area (Å²) >= 11 is 0. The van der Waals surface area contributed by atoms with Gasteiger partial charge >= 0.3 is 0 Å².